The Morgan fingerprint density at radius 3 is 2.57 bits per heavy atom. The number of rotatable bonds is 5. The lowest BCUT2D eigenvalue weighted by molar-refractivity contribution is -0.131. The number of ether oxygens (including phenoxy) is 1. The zero-order chi connectivity index (χ0) is 21.6. The predicted molar refractivity (Wildman–Crippen MR) is 110 cm³/mol. The van der Waals surface area contributed by atoms with Crippen molar-refractivity contribution in [3.63, 3.8) is 0 Å². The van der Waals surface area contributed by atoms with Gasteiger partial charge in [0.1, 0.15) is 11.8 Å². The summed E-state index contributed by atoms with van der Waals surface area (Å²) in [6.07, 6.45) is 0. The highest BCUT2D eigenvalue weighted by molar-refractivity contribution is 6.31. The maximum Gasteiger partial charge on any atom is 0.242 e. The molecule has 0 spiro atoms. The zero-order valence-corrected chi connectivity index (χ0v) is 17.3. The molecule has 0 aliphatic carbocycles. The van der Waals surface area contributed by atoms with Crippen LogP contribution in [0, 0.1) is 12.8 Å². The lowest BCUT2D eigenvalue weighted by Crippen LogP contribution is -2.42. The van der Waals surface area contributed by atoms with E-state index >= 15 is 0 Å². The van der Waals surface area contributed by atoms with E-state index in [0.29, 0.717) is 16.3 Å². The molecule has 0 aromatic heterocycles. The number of hydrazine groups is 1. The number of aromatic hydroxyl groups is 2. The summed E-state index contributed by atoms with van der Waals surface area (Å²) in [4.78, 5) is 14.7. The van der Waals surface area contributed by atoms with Gasteiger partial charge >= 0.3 is 0 Å². The van der Waals surface area contributed by atoms with Crippen LogP contribution in [0.25, 0.3) is 0 Å². The molecule has 2 aromatic rings. The molecular weight excluding hydrogens is 410 g/mol. The van der Waals surface area contributed by atoms with Gasteiger partial charge in [-0.15, -0.1) is 0 Å². The van der Waals surface area contributed by atoms with Gasteiger partial charge in [0.2, 0.25) is 5.91 Å². The van der Waals surface area contributed by atoms with Gasteiger partial charge in [0.15, 0.2) is 11.5 Å². The van der Waals surface area contributed by atoms with Crippen molar-refractivity contribution in [2.75, 3.05) is 20.3 Å². The van der Waals surface area contributed by atoms with Gasteiger partial charge in [-0.3, -0.25) is 4.79 Å². The first-order valence-corrected chi connectivity index (χ1v) is 10.0. The van der Waals surface area contributed by atoms with Crippen LogP contribution in [-0.2, 0) is 4.79 Å². The minimum Gasteiger partial charge on any atom is -0.508 e. The van der Waals surface area contributed by atoms with Crippen molar-refractivity contribution in [1.29, 1.82) is 0 Å². The number of aliphatic hydroxyl groups excluding tert-OH is 1. The van der Waals surface area contributed by atoms with Crippen molar-refractivity contribution in [2.24, 2.45) is 5.92 Å². The minimum absolute atomic E-state index is 0.00184. The Morgan fingerprint density at radius 2 is 1.87 bits per heavy atom. The third-order valence-electron chi connectivity index (χ3n) is 5.94. The summed E-state index contributed by atoms with van der Waals surface area (Å²) in [6.45, 7) is 1.79. The number of halogens is 1. The van der Waals surface area contributed by atoms with Crippen LogP contribution in [0.3, 0.4) is 0 Å². The highest BCUT2D eigenvalue weighted by Gasteiger charge is 2.55. The molecule has 4 rings (SSSR count). The summed E-state index contributed by atoms with van der Waals surface area (Å²) in [5.74, 6) is -0.0734. The number of carbonyl (C=O) groups excluding carboxylic acids is 1. The molecule has 30 heavy (non-hydrogen) atoms. The van der Waals surface area contributed by atoms with Crippen LogP contribution < -0.4 is 15.6 Å². The molecule has 1 amide bonds. The van der Waals surface area contributed by atoms with Gasteiger partial charge in [-0.2, -0.15) is 0 Å². The molecule has 0 radical (unpaired) electrons. The van der Waals surface area contributed by atoms with Crippen LogP contribution in [0.2, 0.25) is 5.02 Å². The Kier molecular flexibility index (Phi) is 5.50. The van der Waals surface area contributed by atoms with Crippen molar-refractivity contribution in [2.45, 2.75) is 25.0 Å². The first-order chi connectivity index (χ1) is 14.4. The smallest absolute Gasteiger partial charge is 0.242 e. The quantitative estimate of drug-likeness (QED) is 0.488. The number of β-amino-alcohol motifs (C(OH)–C–C–N with tert-alkyl or cyclic N) is 1. The zero-order valence-electron chi connectivity index (χ0n) is 16.6. The molecule has 0 bridgehead atoms. The molecule has 160 valence electrons. The van der Waals surface area contributed by atoms with Crippen LogP contribution >= 0.6 is 11.6 Å². The molecule has 4 unspecified atom stereocenters. The van der Waals surface area contributed by atoms with Gasteiger partial charge in [0.25, 0.3) is 0 Å². The van der Waals surface area contributed by atoms with Gasteiger partial charge in [-0.25, -0.2) is 10.9 Å². The number of amides is 1. The van der Waals surface area contributed by atoms with Crippen LogP contribution in [0.15, 0.2) is 30.3 Å². The van der Waals surface area contributed by atoms with E-state index in [4.69, 9.17) is 16.3 Å². The average molecular weight is 434 g/mol. The molecule has 2 aromatic carbocycles. The molecule has 2 fully saturated rings. The third-order valence-corrected chi connectivity index (χ3v) is 6.35. The number of carbonyl (C=O) groups is 1. The summed E-state index contributed by atoms with van der Waals surface area (Å²) in [5.41, 5.74) is 8.28. The number of fused-ring (bicyclic) bond motifs is 1. The van der Waals surface area contributed by atoms with E-state index in [0.717, 1.165) is 11.1 Å². The van der Waals surface area contributed by atoms with Gasteiger partial charge < -0.3 is 25.0 Å². The highest BCUT2D eigenvalue weighted by atomic mass is 35.5. The fourth-order valence-corrected chi connectivity index (χ4v) is 4.70. The fraction of sp³-hybridized carbons (Fsp3) is 0.381. The van der Waals surface area contributed by atoms with Crippen LogP contribution in [-0.4, -0.2) is 52.4 Å². The molecule has 0 saturated carbocycles. The van der Waals surface area contributed by atoms with E-state index in [1.54, 1.807) is 29.2 Å². The van der Waals surface area contributed by atoms with E-state index in [1.807, 2.05) is 6.92 Å². The minimum atomic E-state index is -0.550. The fourth-order valence-electron chi connectivity index (χ4n) is 4.53. The van der Waals surface area contributed by atoms with Crippen molar-refractivity contribution >= 4 is 17.5 Å². The second kappa shape index (κ2) is 7.96. The van der Waals surface area contributed by atoms with Crippen molar-refractivity contribution in [3.05, 3.63) is 52.0 Å². The van der Waals surface area contributed by atoms with E-state index < -0.39 is 18.1 Å². The standard InChI is InChI=1S/C21H24ClN3O5/c1-10-7-15(28)12(9-13(10)22)18-17-19(24-23-18)21(29)25(5-6-26)20(17)11-3-4-14(27)16(8-11)30-2/h3-4,7-9,17-20,23-24,26-28H,5-6H2,1-2H3. The first-order valence-electron chi connectivity index (χ1n) is 9.65. The normalized spacial score (nSPS) is 25.6. The molecule has 2 heterocycles. The lowest BCUT2D eigenvalue weighted by atomic mass is 9.83. The first kappa shape index (κ1) is 20.7. The summed E-state index contributed by atoms with van der Waals surface area (Å²) < 4.78 is 5.25. The Morgan fingerprint density at radius 1 is 1.13 bits per heavy atom. The molecule has 2 saturated heterocycles. The van der Waals surface area contributed by atoms with E-state index in [9.17, 15) is 20.1 Å². The largest absolute Gasteiger partial charge is 0.508 e. The Labute approximate surface area is 179 Å². The Hall–Kier alpha value is -2.52. The number of phenolic OH excluding ortho intramolecular Hbond substituents is 2. The molecule has 8 nitrogen and oxygen atoms in total. The molecule has 4 atom stereocenters. The number of benzene rings is 2. The summed E-state index contributed by atoms with van der Waals surface area (Å²) in [7, 11) is 1.46. The van der Waals surface area contributed by atoms with Crippen LogP contribution in [0.1, 0.15) is 28.8 Å². The Balaban J connectivity index is 1.82. The molecular formula is C21H24ClN3O5. The van der Waals surface area contributed by atoms with Crippen LogP contribution in [0.4, 0.5) is 0 Å². The second-order valence-electron chi connectivity index (χ2n) is 7.61. The Bertz CT molecular complexity index is 985. The van der Waals surface area contributed by atoms with Gasteiger partial charge in [0.05, 0.1) is 25.8 Å². The third kappa shape index (κ3) is 3.26. The number of phenols is 2. The lowest BCUT2D eigenvalue weighted by Gasteiger charge is -2.31. The number of hydrogen-bond acceptors (Lipinski definition) is 7. The predicted octanol–water partition coefficient (Wildman–Crippen LogP) is 1.78. The number of nitrogens with zero attached hydrogens (tertiary/aromatic N) is 1. The molecule has 2 aliphatic rings. The molecule has 5 N–H and O–H groups in total. The molecule has 2 aliphatic heterocycles. The van der Waals surface area contributed by atoms with Gasteiger partial charge in [-0.1, -0.05) is 17.7 Å². The SMILES string of the molecule is COc1cc(C2C3C(NNC3c3cc(Cl)c(C)cc3O)C(=O)N2CCO)ccc1O. The topological polar surface area (TPSA) is 114 Å². The van der Waals surface area contributed by atoms with Gasteiger partial charge in [-0.05, 0) is 42.3 Å². The second-order valence-corrected chi connectivity index (χ2v) is 8.02. The summed E-state index contributed by atoms with van der Waals surface area (Å²) >= 11 is 6.31. The number of likely N-dealkylation sites (tertiary alicyclic amines) is 1. The number of methoxy groups -OCH3 is 1. The number of aryl methyl sites for hydroxylation is 1. The highest BCUT2D eigenvalue weighted by Crippen LogP contribution is 2.49. The van der Waals surface area contributed by atoms with Crippen molar-refractivity contribution < 1.29 is 24.9 Å². The number of nitrogens with one attached hydrogen (secondary N) is 2. The average Bonchev–Trinajstić information content (AvgIpc) is 3.25. The van der Waals surface area contributed by atoms with E-state index in [2.05, 4.69) is 10.9 Å². The number of aliphatic hydroxyl groups is 1. The van der Waals surface area contributed by atoms with Gasteiger partial charge in [0, 0.05) is 23.0 Å². The van der Waals surface area contributed by atoms with Crippen LogP contribution in [0.5, 0.6) is 17.2 Å². The van der Waals surface area contributed by atoms with Crippen molar-refractivity contribution in [1.82, 2.24) is 15.8 Å². The maximum atomic E-state index is 13.1. The molecule has 9 heteroatoms. The maximum absolute atomic E-state index is 13.1. The van der Waals surface area contributed by atoms with E-state index in [1.165, 1.54) is 13.2 Å². The monoisotopic (exact) mass is 433 g/mol. The summed E-state index contributed by atoms with van der Waals surface area (Å²) in [6, 6.07) is 6.88. The van der Waals surface area contributed by atoms with E-state index in [-0.39, 0.29) is 36.5 Å². The van der Waals surface area contributed by atoms with Crippen molar-refractivity contribution in [3.8, 4) is 17.2 Å². The summed E-state index contributed by atoms with van der Waals surface area (Å²) in [5, 5.41) is 30.7. The number of hydrogen-bond donors (Lipinski definition) is 5.